The van der Waals surface area contributed by atoms with Crippen molar-refractivity contribution < 1.29 is 27.4 Å². The summed E-state index contributed by atoms with van der Waals surface area (Å²) in [7, 11) is -0.936. The topological polar surface area (TPSA) is 103 Å². The van der Waals surface area contributed by atoms with Gasteiger partial charge >= 0.3 is 0 Å². The van der Waals surface area contributed by atoms with E-state index in [4.69, 9.17) is 14.2 Å². The number of methoxy groups -OCH3 is 2. The molecule has 34 heavy (non-hydrogen) atoms. The molecule has 3 aromatic carbocycles. The molecule has 0 spiro atoms. The van der Waals surface area contributed by atoms with Gasteiger partial charge in [-0.1, -0.05) is 6.07 Å². The molecule has 2 N–H and O–H groups in total. The molecule has 0 heterocycles. The minimum Gasteiger partial charge on any atom is -0.497 e. The molecule has 0 aromatic heterocycles. The van der Waals surface area contributed by atoms with Crippen LogP contribution >= 0.6 is 0 Å². The monoisotopic (exact) mass is 484 g/mol. The minimum atomic E-state index is -3.88. The van der Waals surface area contributed by atoms with Gasteiger partial charge in [0.25, 0.3) is 15.9 Å². The molecule has 0 unspecified atom stereocenters. The fraction of sp³-hybridized carbons (Fsp3) is 0.240. The number of benzene rings is 3. The average Bonchev–Trinajstić information content (AvgIpc) is 2.78. The molecular weight excluding hydrogens is 456 g/mol. The molecule has 0 aliphatic carbocycles. The maximum Gasteiger partial charge on any atom is 0.265 e. The van der Waals surface area contributed by atoms with Crippen molar-refractivity contribution in [1.29, 1.82) is 0 Å². The van der Waals surface area contributed by atoms with E-state index in [1.165, 1.54) is 38.5 Å². The highest BCUT2D eigenvalue weighted by molar-refractivity contribution is 7.92. The van der Waals surface area contributed by atoms with Crippen LogP contribution in [0.15, 0.2) is 65.6 Å². The molecule has 1 amide bonds. The van der Waals surface area contributed by atoms with Crippen molar-refractivity contribution in [2.45, 2.75) is 31.8 Å². The quantitative estimate of drug-likeness (QED) is 0.463. The van der Waals surface area contributed by atoms with Crippen LogP contribution in [0, 0.1) is 13.8 Å². The van der Waals surface area contributed by atoms with E-state index in [1.54, 1.807) is 25.1 Å². The third kappa shape index (κ3) is 6.20. The Morgan fingerprint density at radius 2 is 1.50 bits per heavy atom. The van der Waals surface area contributed by atoms with Crippen LogP contribution < -0.4 is 24.2 Å². The fourth-order valence-corrected chi connectivity index (χ4v) is 4.38. The second-order valence-electron chi connectivity index (χ2n) is 7.77. The molecule has 0 aliphatic heterocycles. The first-order chi connectivity index (χ1) is 16.1. The molecular formula is C25H28N2O6S. The lowest BCUT2D eigenvalue weighted by Gasteiger charge is -2.16. The first kappa shape index (κ1) is 24.9. The lowest BCUT2D eigenvalue weighted by molar-refractivity contribution is -0.122. The Morgan fingerprint density at radius 1 is 0.853 bits per heavy atom. The first-order valence-corrected chi connectivity index (χ1v) is 12.0. The number of rotatable bonds is 9. The van der Waals surface area contributed by atoms with Crippen molar-refractivity contribution in [3.63, 3.8) is 0 Å². The van der Waals surface area contributed by atoms with Gasteiger partial charge in [0.05, 0.1) is 24.8 Å². The lowest BCUT2D eigenvalue weighted by atomic mass is 10.1. The molecule has 0 radical (unpaired) electrons. The Hall–Kier alpha value is -3.72. The van der Waals surface area contributed by atoms with E-state index in [9.17, 15) is 13.2 Å². The molecule has 180 valence electrons. The molecule has 0 saturated heterocycles. The van der Waals surface area contributed by atoms with Crippen molar-refractivity contribution in [2.75, 3.05) is 24.3 Å². The maximum absolute atomic E-state index is 12.8. The second kappa shape index (κ2) is 10.5. The van der Waals surface area contributed by atoms with Crippen LogP contribution in [0.25, 0.3) is 0 Å². The van der Waals surface area contributed by atoms with Gasteiger partial charge in [0.15, 0.2) is 6.10 Å². The zero-order valence-electron chi connectivity index (χ0n) is 19.7. The van der Waals surface area contributed by atoms with Gasteiger partial charge in [-0.15, -0.1) is 0 Å². The molecule has 0 aliphatic rings. The summed E-state index contributed by atoms with van der Waals surface area (Å²) in [6.45, 7) is 5.57. The van der Waals surface area contributed by atoms with Crippen LogP contribution in [-0.4, -0.2) is 34.6 Å². The number of amides is 1. The van der Waals surface area contributed by atoms with Gasteiger partial charge in [0, 0.05) is 11.8 Å². The lowest BCUT2D eigenvalue weighted by Crippen LogP contribution is -2.30. The zero-order chi connectivity index (χ0) is 24.9. The van der Waals surface area contributed by atoms with E-state index < -0.39 is 16.1 Å². The molecule has 3 rings (SSSR count). The average molecular weight is 485 g/mol. The molecule has 9 heteroatoms. The predicted molar refractivity (Wildman–Crippen MR) is 131 cm³/mol. The van der Waals surface area contributed by atoms with Crippen LogP contribution in [0.1, 0.15) is 18.1 Å². The van der Waals surface area contributed by atoms with Gasteiger partial charge in [-0.2, -0.15) is 0 Å². The highest BCUT2D eigenvalue weighted by Crippen LogP contribution is 2.31. The summed E-state index contributed by atoms with van der Waals surface area (Å²) in [5, 5.41) is 2.74. The highest BCUT2D eigenvalue weighted by Gasteiger charge is 2.19. The third-order valence-corrected chi connectivity index (χ3v) is 6.34. The van der Waals surface area contributed by atoms with E-state index in [2.05, 4.69) is 10.0 Å². The van der Waals surface area contributed by atoms with Gasteiger partial charge in [0.1, 0.15) is 17.2 Å². The summed E-state index contributed by atoms with van der Waals surface area (Å²) >= 11 is 0. The summed E-state index contributed by atoms with van der Waals surface area (Å²) in [5.74, 6) is 1.12. The third-order valence-electron chi connectivity index (χ3n) is 4.96. The number of aryl methyl sites for hydroxylation is 2. The van der Waals surface area contributed by atoms with Crippen LogP contribution in [0.3, 0.4) is 0 Å². The maximum atomic E-state index is 12.8. The molecule has 0 fully saturated rings. The second-order valence-corrected chi connectivity index (χ2v) is 9.45. The molecule has 0 bridgehead atoms. The number of nitrogens with one attached hydrogen (secondary N) is 2. The van der Waals surface area contributed by atoms with Gasteiger partial charge in [-0.05, 0) is 80.4 Å². The van der Waals surface area contributed by atoms with E-state index in [1.807, 2.05) is 32.0 Å². The van der Waals surface area contributed by atoms with Crippen molar-refractivity contribution in [3.05, 3.63) is 71.8 Å². The standard InChI is InChI=1S/C25H28N2O6S/c1-16-12-17(2)14-21(13-16)33-18(3)25(28)26-19-6-9-22(10-7-19)34(29,30)27-23-11-8-20(31-4)15-24(23)32-5/h6-15,18,27H,1-5H3,(H,26,28)/t18-/m0/s1. The van der Waals surface area contributed by atoms with Crippen molar-refractivity contribution in [1.82, 2.24) is 0 Å². The minimum absolute atomic E-state index is 0.0305. The Labute approximate surface area is 199 Å². The summed E-state index contributed by atoms with van der Waals surface area (Å²) in [5.41, 5.74) is 2.81. The number of carbonyl (C=O) groups is 1. The summed E-state index contributed by atoms with van der Waals surface area (Å²) in [6, 6.07) is 16.4. The predicted octanol–water partition coefficient (Wildman–Crippen LogP) is 4.53. The van der Waals surface area contributed by atoms with Gasteiger partial charge < -0.3 is 19.5 Å². The Kier molecular flexibility index (Phi) is 7.68. The number of hydrogen-bond acceptors (Lipinski definition) is 6. The smallest absolute Gasteiger partial charge is 0.265 e. The van der Waals surface area contributed by atoms with Gasteiger partial charge in [-0.3, -0.25) is 9.52 Å². The van der Waals surface area contributed by atoms with Crippen LogP contribution in [0.5, 0.6) is 17.2 Å². The van der Waals surface area contributed by atoms with Crippen molar-refractivity contribution in [2.24, 2.45) is 0 Å². The van der Waals surface area contributed by atoms with Gasteiger partial charge in [-0.25, -0.2) is 8.42 Å². The van der Waals surface area contributed by atoms with E-state index in [-0.39, 0.29) is 16.5 Å². The SMILES string of the molecule is COc1ccc(NS(=O)(=O)c2ccc(NC(=O)[C@H](C)Oc3cc(C)cc(C)c3)cc2)c(OC)c1. The summed E-state index contributed by atoms with van der Waals surface area (Å²) in [6.07, 6.45) is -0.742. The number of anilines is 2. The van der Waals surface area contributed by atoms with E-state index in [0.717, 1.165) is 11.1 Å². The van der Waals surface area contributed by atoms with Crippen molar-refractivity contribution in [3.8, 4) is 17.2 Å². The Morgan fingerprint density at radius 3 is 2.09 bits per heavy atom. The highest BCUT2D eigenvalue weighted by atomic mass is 32.2. The zero-order valence-corrected chi connectivity index (χ0v) is 20.5. The molecule has 8 nitrogen and oxygen atoms in total. The largest absolute Gasteiger partial charge is 0.497 e. The van der Waals surface area contributed by atoms with E-state index >= 15 is 0 Å². The van der Waals surface area contributed by atoms with Gasteiger partial charge in [0.2, 0.25) is 0 Å². The first-order valence-electron chi connectivity index (χ1n) is 10.5. The summed E-state index contributed by atoms with van der Waals surface area (Å²) in [4.78, 5) is 12.6. The number of sulfonamides is 1. The number of carbonyl (C=O) groups excluding carboxylic acids is 1. The molecule has 0 saturated carbocycles. The Balaban J connectivity index is 1.67. The van der Waals surface area contributed by atoms with Crippen molar-refractivity contribution >= 4 is 27.3 Å². The fourth-order valence-electron chi connectivity index (χ4n) is 3.31. The Bertz CT molecular complexity index is 1250. The van der Waals surface area contributed by atoms with Crippen LogP contribution in [-0.2, 0) is 14.8 Å². The van der Waals surface area contributed by atoms with Crippen LogP contribution in [0.4, 0.5) is 11.4 Å². The normalized spacial score (nSPS) is 11.9. The molecule has 3 aromatic rings. The molecule has 1 atom stereocenters. The summed E-state index contributed by atoms with van der Waals surface area (Å²) < 4.78 is 44.3. The van der Waals surface area contributed by atoms with E-state index in [0.29, 0.717) is 22.9 Å². The number of ether oxygens (including phenoxy) is 3. The van der Waals surface area contributed by atoms with Crippen LogP contribution in [0.2, 0.25) is 0 Å². The number of hydrogen-bond donors (Lipinski definition) is 2.